The van der Waals surface area contributed by atoms with Crippen LogP contribution in [0, 0.1) is 0 Å². The van der Waals surface area contributed by atoms with Gasteiger partial charge in [0.25, 0.3) is 5.56 Å². The lowest BCUT2D eigenvalue weighted by molar-refractivity contribution is -0.117. The van der Waals surface area contributed by atoms with Crippen molar-refractivity contribution in [2.45, 2.75) is 20.4 Å². The summed E-state index contributed by atoms with van der Waals surface area (Å²) in [5, 5.41) is 0. The number of ketones is 1. The smallest absolute Gasteiger partial charge is 0.332 e. The van der Waals surface area contributed by atoms with Gasteiger partial charge < -0.3 is 4.74 Å². The molecule has 0 spiro atoms. The first-order valence-electron chi connectivity index (χ1n) is 10.9. The molecule has 0 atom stereocenters. The van der Waals surface area contributed by atoms with E-state index in [0.717, 1.165) is 27.3 Å². The zero-order chi connectivity index (χ0) is 24.0. The van der Waals surface area contributed by atoms with Gasteiger partial charge >= 0.3 is 5.69 Å². The number of benzene rings is 2. The van der Waals surface area contributed by atoms with Crippen molar-refractivity contribution in [2.24, 2.45) is 7.05 Å². The van der Waals surface area contributed by atoms with Crippen molar-refractivity contribution < 1.29 is 9.53 Å². The standard InChI is InChI=1S/C25H23N5O4/c1-4-34-19-12-10-18(11-13-19)30-20(17-8-6-5-7-9-17)15-28-21-22(26-24(28)30)27(3)25(33)29(23(21)32)14-16(2)31/h5-13,15H,4,14H2,1-3H3. The topological polar surface area (TPSA) is 92.5 Å². The second kappa shape index (κ2) is 8.18. The maximum atomic E-state index is 13.3. The Morgan fingerprint density at radius 2 is 1.74 bits per heavy atom. The third-order valence-corrected chi connectivity index (χ3v) is 5.71. The molecule has 2 aromatic carbocycles. The summed E-state index contributed by atoms with van der Waals surface area (Å²) in [5.41, 5.74) is 1.93. The van der Waals surface area contributed by atoms with E-state index in [1.165, 1.54) is 11.5 Å². The predicted octanol–water partition coefficient (Wildman–Crippen LogP) is 2.79. The summed E-state index contributed by atoms with van der Waals surface area (Å²) in [7, 11) is 1.55. The Kier molecular flexibility index (Phi) is 5.16. The summed E-state index contributed by atoms with van der Waals surface area (Å²) in [5.74, 6) is 0.945. The first kappa shape index (κ1) is 21.4. The van der Waals surface area contributed by atoms with Gasteiger partial charge in [0.05, 0.1) is 18.8 Å². The Balaban J connectivity index is 1.87. The van der Waals surface area contributed by atoms with Crippen molar-refractivity contribution in [3.63, 3.8) is 0 Å². The van der Waals surface area contributed by atoms with Crippen LogP contribution in [0.15, 0.2) is 70.4 Å². The second-order valence-corrected chi connectivity index (χ2v) is 8.03. The summed E-state index contributed by atoms with van der Waals surface area (Å²) in [6.45, 7) is 3.54. The summed E-state index contributed by atoms with van der Waals surface area (Å²) < 4.78 is 11.5. The number of Topliss-reactive ketones (excluding diaryl/α,β-unsaturated/α-hetero) is 1. The van der Waals surface area contributed by atoms with Gasteiger partial charge in [0, 0.05) is 24.5 Å². The number of nitrogens with zero attached hydrogens (tertiary/aromatic N) is 5. The van der Waals surface area contributed by atoms with Crippen LogP contribution in [0.1, 0.15) is 13.8 Å². The van der Waals surface area contributed by atoms with E-state index >= 15 is 0 Å². The molecule has 0 aliphatic heterocycles. The molecule has 172 valence electrons. The van der Waals surface area contributed by atoms with E-state index in [-0.39, 0.29) is 23.5 Å². The number of rotatable bonds is 6. The van der Waals surface area contributed by atoms with Crippen molar-refractivity contribution in [2.75, 3.05) is 6.61 Å². The first-order chi connectivity index (χ1) is 16.4. The molecule has 0 N–H and O–H groups in total. The van der Waals surface area contributed by atoms with Gasteiger partial charge in [-0.15, -0.1) is 0 Å². The molecule has 9 nitrogen and oxygen atoms in total. The third-order valence-electron chi connectivity index (χ3n) is 5.71. The van der Waals surface area contributed by atoms with Crippen molar-refractivity contribution in [3.8, 4) is 22.7 Å². The van der Waals surface area contributed by atoms with Crippen LogP contribution in [0.2, 0.25) is 0 Å². The second-order valence-electron chi connectivity index (χ2n) is 8.03. The lowest BCUT2D eigenvalue weighted by atomic mass is 10.1. The first-order valence-corrected chi connectivity index (χ1v) is 10.9. The molecule has 5 rings (SSSR count). The van der Waals surface area contributed by atoms with Gasteiger partial charge in [-0.2, -0.15) is 4.98 Å². The molecule has 3 aromatic heterocycles. The molecule has 0 bridgehead atoms. The average Bonchev–Trinajstić information content (AvgIpc) is 3.38. The number of aryl methyl sites for hydroxylation is 1. The maximum absolute atomic E-state index is 13.3. The largest absolute Gasteiger partial charge is 0.494 e. The number of carbonyl (C=O) groups excluding carboxylic acids is 1. The van der Waals surface area contributed by atoms with Gasteiger partial charge in [0.15, 0.2) is 11.2 Å². The van der Waals surface area contributed by atoms with Crippen molar-refractivity contribution >= 4 is 22.7 Å². The van der Waals surface area contributed by atoms with Crippen LogP contribution < -0.4 is 16.0 Å². The highest BCUT2D eigenvalue weighted by molar-refractivity contribution is 5.80. The van der Waals surface area contributed by atoms with E-state index in [2.05, 4.69) is 0 Å². The molecule has 5 aromatic rings. The molecule has 3 heterocycles. The van der Waals surface area contributed by atoms with Crippen LogP contribution >= 0.6 is 0 Å². The molecule has 0 aliphatic rings. The Hall–Kier alpha value is -4.40. The highest BCUT2D eigenvalue weighted by atomic mass is 16.5. The fourth-order valence-corrected chi connectivity index (χ4v) is 4.18. The van der Waals surface area contributed by atoms with Crippen LogP contribution in [0.25, 0.3) is 33.9 Å². The molecule has 0 fully saturated rings. The quantitative estimate of drug-likeness (QED) is 0.391. The SMILES string of the molecule is CCOc1ccc(-n2c(-c3ccccc3)cn3c4c(=O)n(CC(C)=O)c(=O)n(C)c4nc23)cc1. The minimum Gasteiger partial charge on any atom is -0.494 e. The molecule has 0 amide bonds. The van der Waals surface area contributed by atoms with E-state index in [9.17, 15) is 14.4 Å². The van der Waals surface area contributed by atoms with Gasteiger partial charge in [-0.05, 0) is 38.1 Å². The minimum atomic E-state index is -0.579. The number of carbonyl (C=O) groups is 1. The zero-order valence-electron chi connectivity index (χ0n) is 19.1. The van der Waals surface area contributed by atoms with Crippen molar-refractivity contribution in [1.82, 2.24) is 23.1 Å². The minimum absolute atomic E-state index is 0.236. The molecule has 9 heteroatoms. The molecule has 0 saturated carbocycles. The third kappa shape index (κ3) is 3.33. The fraction of sp³-hybridized carbons (Fsp3) is 0.200. The Labute approximate surface area is 194 Å². The van der Waals surface area contributed by atoms with Gasteiger partial charge in [-0.1, -0.05) is 30.3 Å². The fourth-order valence-electron chi connectivity index (χ4n) is 4.18. The van der Waals surface area contributed by atoms with E-state index in [1.807, 2.05) is 72.3 Å². The molecule has 0 aliphatic carbocycles. The molecule has 0 unspecified atom stereocenters. The highest BCUT2D eigenvalue weighted by Gasteiger charge is 2.22. The summed E-state index contributed by atoms with van der Waals surface area (Å²) in [6, 6.07) is 17.4. The van der Waals surface area contributed by atoms with Gasteiger partial charge in [-0.25, -0.2) is 4.79 Å². The van der Waals surface area contributed by atoms with E-state index in [4.69, 9.17) is 9.72 Å². The van der Waals surface area contributed by atoms with Crippen LogP contribution in [0.5, 0.6) is 5.75 Å². The summed E-state index contributed by atoms with van der Waals surface area (Å²) in [4.78, 5) is 42.5. The monoisotopic (exact) mass is 457 g/mol. The van der Waals surface area contributed by atoms with Crippen LogP contribution in [-0.4, -0.2) is 35.5 Å². The maximum Gasteiger partial charge on any atom is 0.332 e. The summed E-state index contributed by atoms with van der Waals surface area (Å²) >= 11 is 0. The van der Waals surface area contributed by atoms with E-state index in [1.54, 1.807) is 11.4 Å². The van der Waals surface area contributed by atoms with Crippen molar-refractivity contribution in [3.05, 3.63) is 81.6 Å². The lowest BCUT2D eigenvalue weighted by Crippen LogP contribution is -2.40. The van der Waals surface area contributed by atoms with E-state index < -0.39 is 11.2 Å². The zero-order valence-corrected chi connectivity index (χ0v) is 19.1. The van der Waals surface area contributed by atoms with Crippen LogP contribution in [-0.2, 0) is 18.4 Å². The number of imidazole rings is 2. The lowest BCUT2D eigenvalue weighted by Gasteiger charge is -2.10. The summed E-state index contributed by atoms with van der Waals surface area (Å²) in [6.07, 6.45) is 1.83. The normalized spacial score (nSPS) is 11.4. The van der Waals surface area contributed by atoms with Gasteiger partial charge in [0.2, 0.25) is 5.78 Å². The molecule has 0 saturated heterocycles. The predicted molar refractivity (Wildman–Crippen MR) is 129 cm³/mol. The van der Waals surface area contributed by atoms with Crippen LogP contribution in [0.3, 0.4) is 0 Å². The highest BCUT2D eigenvalue weighted by Crippen LogP contribution is 2.29. The number of ether oxygens (including phenoxy) is 1. The number of aromatic nitrogens is 5. The average molecular weight is 457 g/mol. The molecule has 0 radical (unpaired) electrons. The Bertz CT molecular complexity index is 1650. The molecular formula is C25H23N5O4. The van der Waals surface area contributed by atoms with E-state index in [0.29, 0.717) is 12.4 Å². The molecular weight excluding hydrogens is 434 g/mol. The van der Waals surface area contributed by atoms with Crippen LogP contribution in [0.4, 0.5) is 0 Å². The Morgan fingerprint density at radius 3 is 2.38 bits per heavy atom. The Morgan fingerprint density at radius 1 is 1.03 bits per heavy atom. The van der Waals surface area contributed by atoms with Gasteiger partial charge in [-0.3, -0.25) is 27.7 Å². The van der Waals surface area contributed by atoms with Crippen molar-refractivity contribution in [1.29, 1.82) is 0 Å². The van der Waals surface area contributed by atoms with Gasteiger partial charge in [0.1, 0.15) is 11.5 Å². The number of fused-ring (bicyclic) bond motifs is 3. The number of hydrogen-bond donors (Lipinski definition) is 0. The number of hydrogen-bond acceptors (Lipinski definition) is 5. The molecule has 34 heavy (non-hydrogen) atoms.